The lowest BCUT2D eigenvalue weighted by molar-refractivity contribution is -0.384. The number of ketones is 1. The summed E-state index contributed by atoms with van der Waals surface area (Å²) < 4.78 is 28.3. The van der Waals surface area contributed by atoms with E-state index in [9.17, 15) is 23.3 Å². The molecule has 4 rings (SSSR count). The van der Waals surface area contributed by atoms with Crippen molar-refractivity contribution in [3.8, 4) is 0 Å². The van der Waals surface area contributed by atoms with E-state index in [1.807, 2.05) is 24.3 Å². The normalized spacial score (nSPS) is 18.9. The second-order valence-corrected chi connectivity index (χ2v) is 9.86. The molecule has 0 aliphatic carbocycles. The first-order chi connectivity index (χ1) is 14.3. The smallest absolute Gasteiger partial charge is 0.293 e. The van der Waals surface area contributed by atoms with Crippen LogP contribution in [0.15, 0.2) is 42.5 Å². The molecule has 8 nitrogen and oxygen atoms in total. The highest BCUT2D eigenvalue weighted by Gasteiger charge is 2.39. The summed E-state index contributed by atoms with van der Waals surface area (Å²) in [6.07, 6.45) is 1.81. The van der Waals surface area contributed by atoms with Crippen LogP contribution in [-0.4, -0.2) is 44.0 Å². The van der Waals surface area contributed by atoms with Crippen molar-refractivity contribution in [1.82, 2.24) is 0 Å². The summed E-state index contributed by atoms with van der Waals surface area (Å²) in [6.45, 7) is 2.49. The molecule has 2 aliphatic rings. The Morgan fingerprint density at radius 3 is 2.63 bits per heavy atom. The van der Waals surface area contributed by atoms with Crippen molar-refractivity contribution < 1.29 is 18.1 Å². The molecule has 2 aliphatic heterocycles. The van der Waals surface area contributed by atoms with Gasteiger partial charge in [0.15, 0.2) is 5.78 Å². The van der Waals surface area contributed by atoms with Gasteiger partial charge >= 0.3 is 0 Å². The van der Waals surface area contributed by atoms with Gasteiger partial charge in [0.1, 0.15) is 5.69 Å². The number of Topliss-reactive ketones (excluding diaryl/α,β-unsaturated/α-hetero) is 1. The van der Waals surface area contributed by atoms with Gasteiger partial charge in [-0.05, 0) is 49.9 Å². The number of rotatable bonds is 5. The minimum Gasteiger partial charge on any atom is -0.365 e. The van der Waals surface area contributed by atoms with Crippen molar-refractivity contribution in [2.75, 3.05) is 28.8 Å². The molecule has 1 fully saturated rings. The second kappa shape index (κ2) is 7.71. The summed E-state index contributed by atoms with van der Waals surface area (Å²) in [5.41, 5.74) is 2.19. The van der Waals surface area contributed by atoms with Crippen LogP contribution in [0.3, 0.4) is 0 Å². The molecule has 1 atom stereocenters. The van der Waals surface area contributed by atoms with Crippen LogP contribution in [0.1, 0.15) is 35.7 Å². The molecule has 30 heavy (non-hydrogen) atoms. The van der Waals surface area contributed by atoms with E-state index in [1.165, 1.54) is 17.3 Å². The first-order valence-corrected chi connectivity index (χ1v) is 11.4. The number of piperidine rings is 1. The first kappa shape index (κ1) is 20.3. The molecule has 1 saturated heterocycles. The lowest BCUT2D eigenvalue weighted by Crippen LogP contribution is -2.48. The van der Waals surface area contributed by atoms with Crippen LogP contribution in [0.4, 0.5) is 17.1 Å². The molecular formula is C21H23N3O5S. The van der Waals surface area contributed by atoms with Crippen LogP contribution in [0.25, 0.3) is 0 Å². The third kappa shape index (κ3) is 3.54. The van der Waals surface area contributed by atoms with E-state index >= 15 is 0 Å². The first-order valence-electron chi connectivity index (χ1n) is 9.93. The highest BCUT2D eigenvalue weighted by Crippen LogP contribution is 2.36. The molecule has 0 N–H and O–H groups in total. The van der Waals surface area contributed by atoms with Crippen LogP contribution in [0, 0.1) is 10.1 Å². The summed E-state index contributed by atoms with van der Waals surface area (Å²) in [7, 11) is -3.60. The zero-order valence-electron chi connectivity index (χ0n) is 16.7. The molecule has 0 radical (unpaired) electrons. The van der Waals surface area contributed by atoms with Gasteiger partial charge < -0.3 is 4.90 Å². The Morgan fingerprint density at radius 1 is 1.13 bits per heavy atom. The van der Waals surface area contributed by atoms with Crippen molar-refractivity contribution in [2.45, 2.75) is 31.4 Å². The molecule has 0 bridgehead atoms. The molecule has 0 spiro atoms. The zero-order valence-corrected chi connectivity index (χ0v) is 17.5. The van der Waals surface area contributed by atoms with E-state index < -0.39 is 20.2 Å². The number of hydrogen-bond acceptors (Lipinski definition) is 6. The molecule has 2 heterocycles. The zero-order chi connectivity index (χ0) is 21.5. The van der Waals surface area contributed by atoms with Gasteiger partial charge in [0.2, 0.25) is 10.0 Å². The van der Waals surface area contributed by atoms with E-state index in [0.29, 0.717) is 38.0 Å². The summed E-state index contributed by atoms with van der Waals surface area (Å²) in [5.74, 6) is -0.253. The number of benzene rings is 2. The van der Waals surface area contributed by atoms with Crippen molar-refractivity contribution in [3.05, 3.63) is 63.7 Å². The minimum absolute atomic E-state index is 0.174. The van der Waals surface area contributed by atoms with Crippen molar-refractivity contribution in [3.63, 3.8) is 0 Å². The molecule has 1 unspecified atom stereocenters. The number of nitrogens with zero attached hydrogens (tertiary/aromatic N) is 3. The quantitative estimate of drug-likeness (QED) is 0.411. The number of nitro groups is 1. The van der Waals surface area contributed by atoms with E-state index in [-0.39, 0.29) is 23.6 Å². The molecular weight excluding hydrogens is 406 g/mol. The van der Waals surface area contributed by atoms with Gasteiger partial charge in [-0.3, -0.25) is 19.2 Å². The topological polar surface area (TPSA) is 101 Å². The number of hydrogen-bond donors (Lipinski definition) is 0. The number of fused-ring (bicyclic) bond motifs is 1. The summed E-state index contributed by atoms with van der Waals surface area (Å²) in [6, 6.07) is 11.9. The average Bonchev–Trinajstić information content (AvgIpc) is 3.18. The van der Waals surface area contributed by atoms with Gasteiger partial charge in [0.05, 0.1) is 15.9 Å². The van der Waals surface area contributed by atoms with E-state index in [1.54, 1.807) is 17.0 Å². The predicted molar refractivity (Wildman–Crippen MR) is 115 cm³/mol. The van der Waals surface area contributed by atoms with Crippen molar-refractivity contribution in [1.29, 1.82) is 0 Å². The number of carbonyl (C=O) groups is 1. The highest BCUT2D eigenvalue weighted by molar-refractivity contribution is 7.93. The van der Waals surface area contributed by atoms with Gasteiger partial charge in [-0.2, -0.15) is 0 Å². The Bertz CT molecular complexity index is 1120. The lowest BCUT2D eigenvalue weighted by Gasteiger charge is -2.36. The maximum atomic E-state index is 13.4. The van der Waals surface area contributed by atoms with Gasteiger partial charge in [-0.15, -0.1) is 0 Å². The minimum atomic E-state index is -3.60. The average molecular weight is 429 g/mol. The SMILES string of the molecule is CC(=O)c1ccc(N2CCCC(S(=O)(=O)N3CCc4ccccc43)C2)c([N+](=O)[O-])c1. The molecule has 9 heteroatoms. The van der Waals surface area contributed by atoms with Gasteiger partial charge in [-0.1, -0.05) is 18.2 Å². The monoisotopic (exact) mass is 429 g/mol. The largest absolute Gasteiger partial charge is 0.365 e. The predicted octanol–water partition coefficient (Wildman–Crippen LogP) is 3.16. The van der Waals surface area contributed by atoms with Gasteiger partial charge in [0, 0.05) is 31.3 Å². The van der Waals surface area contributed by atoms with Crippen LogP contribution in [0.2, 0.25) is 0 Å². The van der Waals surface area contributed by atoms with Crippen molar-refractivity contribution >= 4 is 32.9 Å². The molecule has 2 aromatic carbocycles. The summed E-state index contributed by atoms with van der Waals surface area (Å²) in [4.78, 5) is 24.5. The van der Waals surface area contributed by atoms with Crippen LogP contribution in [-0.2, 0) is 16.4 Å². The number of anilines is 2. The molecule has 158 valence electrons. The second-order valence-electron chi connectivity index (χ2n) is 7.72. The van der Waals surface area contributed by atoms with Crippen molar-refractivity contribution in [2.24, 2.45) is 0 Å². The Labute approximate surface area is 175 Å². The van der Waals surface area contributed by atoms with Gasteiger partial charge in [-0.25, -0.2) is 8.42 Å². The fraction of sp³-hybridized carbons (Fsp3) is 0.381. The summed E-state index contributed by atoms with van der Waals surface area (Å²) >= 11 is 0. The van der Waals surface area contributed by atoms with E-state index in [4.69, 9.17) is 0 Å². The molecule has 0 saturated carbocycles. The maximum absolute atomic E-state index is 13.4. The van der Waals surface area contributed by atoms with E-state index in [2.05, 4.69) is 0 Å². The Hall–Kier alpha value is -2.94. The molecule has 0 aromatic heterocycles. The summed E-state index contributed by atoms with van der Waals surface area (Å²) in [5, 5.41) is 11.0. The third-order valence-electron chi connectivity index (χ3n) is 5.87. The number of para-hydroxylation sites is 1. The number of sulfonamides is 1. The standard InChI is InChI=1S/C21H23N3O5S/c1-15(25)17-8-9-20(21(13-17)24(26)27)22-11-4-6-18(14-22)30(28,29)23-12-10-16-5-2-3-7-19(16)23/h2-3,5,7-9,13,18H,4,6,10-12,14H2,1H3. The lowest BCUT2D eigenvalue weighted by atomic mass is 10.1. The Morgan fingerprint density at radius 2 is 1.90 bits per heavy atom. The molecule has 0 amide bonds. The van der Waals surface area contributed by atoms with Crippen LogP contribution >= 0.6 is 0 Å². The Kier molecular flexibility index (Phi) is 5.23. The Balaban J connectivity index is 1.63. The fourth-order valence-corrected chi connectivity index (χ4v) is 6.30. The highest BCUT2D eigenvalue weighted by atomic mass is 32.2. The van der Waals surface area contributed by atoms with Crippen LogP contribution < -0.4 is 9.21 Å². The fourth-order valence-electron chi connectivity index (χ4n) is 4.31. The van der Waals surface area contributed by atoms with E-state index in [0.717, 1.165) is 11.3 Å². The van der Waals surface area contributed by atoms with Crippen LogP contribution in [0.5, 0.6) is 0 Å². The third-order valence-corrected chi connectivity index (χ3v) is 8.09. The maximum Gasteiger partial charge on any atom is 0.293 e. The van der Waals surface area contributed by atoms with Gasteiger partial charge in [0.25, 0.3) is 5.69 Å². The number of carbonyl (C=O) groups excluding carboxylic acids is 1. The number of nitro benzene ring substituents is 1. The molecule has 2 aromatic rings.